The van der Waals surface area contributed by atoms with E-state index >= 15 is 0 Å². The first-order chi connectivity index (χ1) is 21.1. The monoisotopic (exact) mass is 648 g/mol. The molecule has 0 radical (unpaired) electrons. The Hall–Kier alpha value is -5.82. The molecule has 2 atom stereocenters. The van der Waals surface area contributed by atoms with Crippen LogP contribution < -0.4 is 0 Å². The van der Waals surface area contributed by atoms with Gasteiger partial charge in [0.25, 0.3) is 0 Å². The lowest BCUT2D eigenvalue weighted by atomic mass is 9.52. The van der Waals surface area contributed by atoms with Crippen molar-refractivity contribution in [2.45, 2.75) is 35.2 Å². The first-order valence-corrected chi connectivity index (χ1v) is 12.6. The SMILES string of the molecule is O=C(O)C1(O)C[C@](O)(C(=O)c2cc(O)c(O)c(O)c2)C(O)(C(=O)c2cc(O)c(O)c(O)c2)[C@@](O)(C(=O)c2cc(O)c(O)c(O)c2)C1. The molecule has 3 aromatic rings. The second-order valence-electron chi connectivity index (χ2n) is 10.7. The fraction of sp³-hybridized carbons (Fsp3) is 0.214. The molecule has 0 saturated heterocycles. The molecule has 0 aliphatic heterocycles. The van der Waals surface area contributed by atoms with Crippen LogP contribution in [0.15, 0.2) is 36.4 Å². The van der Waals surface area contributed by atoms with Gasteiger partial charge in [0.1, 0.15) is 0 Å². The Morgan fingerprint density at radius 3 is 0.935 bits per heavy atom. The summed E-state index contributed by atoms with van der Waals surface area (Å²) in [5.41, 5.74) is -19.9. The molecule has 14 N–H and O–H groups in total. The van der Waals surface area contributed by atoms with E-state index < -0.39 is 127 Å². The number of carbonyl (C=O) groups excluding carboxylic acids is 3. The Kier molecular flexibility index (Phi) is 7.46. The molecule has 1 fully saturated rings. The van der Waals surface area contributed by atoms with Crippen molar-refractivity contribution in [1.29, 1.82) is 0 Å². The fourth-order valence-electron chi connectivity index (χ4n) is 5.42. The highest BCUT2D eigenvalue weighted by Crippen LogP contribution is 2.54. The van der Waals surface area contributed by atoms with E-state index in [0.29, 0.717) is 36.4 Å². The third-order valence-corrected chi connectivity index (χ3v) is 7.77. The van der Waals surface area contributed by atoms with Gasteiger partial charge in [-0.3, -0.25) is 14.4 Å². The summed E-state index contributed by atoms with van der Waals surface area (Å²) in [4.78, 5) is 54.3. The minimum atomic E-state index is -4.42. The fourth-order valence-corrected chi connectivity index (χ4v) is 5.42. The molecule has 3 aromatic carbocycles. The quantitative estimate of drug-likeness (QED) is 0.105. The molecule has 0 spiro atoms. The van der Waals surface area contributed by atoms with E-state index in [4.69, 9.17) is 0 Å². The summed E-state index contributed by atoms with van der Waals surface area (Å²) in [6.07, 6.45) is -3.87. The first kappa shape index (κ1) is 33.1. The zero-order valence-electron chi connectivity index (χ0n) is 22.8. The lowest BCUT2D eigenvalue weighted by molar-refractivity contribution is -0.245. The van der Waals surface area contributed by atoms with Gasteiger partial charge in [-0.15, -0.1) is 0 Å². The maximum atomic E-state index is 14.1. The Morgan fingerprint density at radius 2 is 0.696 bits per heavy atom. The van der Waals surface area contributed by atoms with Crippen LogP contribution in [0.25, 0.3) is 0 Å². The summed E-state index contributed by atoms with van der Waals surface area (Å²) in [6.45, 7) is 0. The number of hydrogen-bond acceptors (Lipinski definition) is 17. The van der Waals surface area contributed by atoms with E-state index in [1.54, 1.807) is 0 Å². The van der Waals surface area contributed by atoms with Crippen LogP contribution in [-0.2, 0) is 4.79 Å². The van der Waals surface area contributed by atoms with Crippen LogP contribution in [0.4, 0.5) is 0 Å². The minimum absolute atomic E-state index is 0.319. The van der Waals surface area contributed by atoms with Gasteiger partial charge in [0.05, 0.1) is 0 Å². The summed E-state index contributed by atoms with van der Waals surface area (Å²) >= 11 is 0. The normalized spacial score (nSPS) is 25.9. The molecule has 4 rings (SSSR count). The largest absolute Gasteiger partial charge is 0.504 e. The van der Waals surface area contributed by atoms with Crippen molar-refractivity contribution < 1.29 is 90.7 Å². The molecule has 18 heteroatoms. The summed E-state index contributed by atoms with van der Waals surface area (Å²) in [5, 5.41) is 146. The Labute approximate surface area is 254 Å². The highest BCUT2D eigenvalue weighted by Gasteiger charge is 2.78. The third-order valence-electron chi connectivity index (χ3n) is 7.77. The van der Waals surface area contributed by atoms with Crippen molar-refractivity contribution in [2.24, 2.45) is 0 Å². The number of aliphatic carboxylic acids is 1. The lowest BCUT2D eigenvalue weighted by Crippen LogP contribution is -2.82. The van der Waals surface area contributed by atoms with Gasteiger partial charge in [0.2, 0.25) is 11.4 Å². The van der Waals surface area contributed by atoms with Gasteiger partial charge in [0, 0.05) is 29.5 Å². The molecule has 1 saturated carbocycles. The van der Waals surface area contributed by atoms with E-state index in [1.807, 2.05) is 0 Å². The molecule has 244 valence electrons. The van der Waals surface area contributed by atoms with Gasteiger partial charge in [-0.2, -0.15) is 0 Å². The zero-order valence-corrected chi connectivity index (χ0v) is 22.8. The van der Waals surface area contributed by atoms with Crippen molar-refractivity contribution in [2.75, 3.05) is 0 Å². The highest BCUT2D eigenvalue weighted by atomic mass is 16.4. The van der Waals surface area contributed by atoms with E-state index in [-0.39, 0.29) is 0 Å². The maximum Gasteiger partial charge on any atom is 0.335 e. The number of aliphatic hydroxyl groups is 4. The predicted molar refractivity (Wildman–Crippen MR) is 144 cm³/mol. The number of rotatable bonds is 7. The first-order valence-electron chi connectivity index (χ1n) is 12.6. The molecular formula is C28H24O18. The average Bonchev–Trinajstić information content (AvgIpc) is 2.97. The van der Waals surface area contributed by atoms with Crippen LogP contribution in [0.2, 0.25) is 0 Å². The van der Waals surface area contributed by atoms with Gasteiger partial charge in [-0.05, 0) is 36.4 Å². The van der Waals surface area contributed by atoms with Crippen molar-refractivity contribution >= 4 is 23.3 Å². The summed E-state index contributed by atoms with van der Waals surface area (Å²) < 4.78 is 0. The lowest BCUT2D eigenvalue weighted by Gasteiger charge is -2.56. The number of phenols is 9. The van der Waals surface area contributed by atoms with E-state index in [1.165, 1.54) is 0 Å². The van der Waals surface area contributed by atoms with Crippen LogP contribution in [0.5, 0.6) is 51.7 Å². The molecule has 1 aliphatic carbocycles. The Balaban J connectivity index is 2.14. The number of aromatic hydroxyl groups is 9. The van der Waals surface area contributed by atoms with Gasteiger partial charge in [0.15, 0.2) is 80.1 Å². The predicted octanol–water partition coefficient (Wildman–Crippen LogP) is -1.21. The number of hydrogen-bond donors (Lipinski definition) is 14. The highest BCUT2D eigenvalue weighted by molar-refractivity contribution is 6.19. The molecule has 0 bridgehead atoms. The van der Waals surface area contributed by atoms with Crippen molar-refractivity contribution in [3.63, 3.8) is 0 Å². The second kappa shape index (κ2) is 10.4. The Bertz CT molecular complexity index is 1690. The standard InChI is InChI=1S/C28H24O18/c29-12-1-9(2-13(30)18(12)35)21(38)26(44)7-25(43,24(41)42)8-27(45,22(39)10-3-14(31)19(36)15(32)4-10)28(26,46)23(40)11-5-16(33)20(37)17(34)6-11/h1-6,29-37,43-46H,7-8H2,(H,41,42)/t25?,26-,27-,28?/m0/s1. The number of phenolic OH excluding ortho intramolecular Hbond substituents is 9. The molecule has 1 aliphatic rings. The number of carbonyl (C=O) groups is 4. The van der Waals surface area contributed by atoms with Crippen LogP contribution >= 0.6 is 0 Å². The van der Waals surface area contributed by atoms with Crippen LogP contribution in [-0.4, -0.2) is 117 Å². The molecule has 0 heterocycles. The van der Waals surface area contributed by atoms with E-state index in [0.717, 1.165) is 0 Å². The molecule has 0 amide bonds. The van der Waals surface area contributed by atoms with Gasteiger partial charge in [-0.1, -0.05) is 0 Å². The topological polar surface area (TPSA) is 352 Å². The summed E-state index contributed by atoms with van der Waals surface area (Å²) in [5.74, 6) is -19.9. The minimum Gasteiger partial charge on any atom is -0.504 e. The van der Waals surface area contributed by atoms with Crippen molar-refractivity contribution in [1.82, 2.24) is 0 Å². The molecule has 0 unspecified atom stereocenters. The molecule has 18 nitrogen and oxygen atoms in total. The molecule has 46 heavy (non-hydrogen) atoms. The zero-order chi connectivity index (χ0) is 34.9. The van der Waals surface area contributed by atoms with Gasteiger partial charge >= 0.3 is 5.97 Å². The number of Topliss-reactive ketones (excluding diaryl/α,β-unsaturated/α-hetero) is 3. The van der Waals surface area contributed by atoms with Crippen LogP contribution in [0.3, 0.4) is 0 Å². The number of carboxylic acids is 1. The van der Waals surface area contributed by atoms with E-state index in [9.17, 15) is 90.7 Å². The average molecular weight is 648 g/mol. The second-order valence-corrected chi connectivity index (χ2v) is 10.7. The van der Waals surface area contributed by atoms with E-state index in [2.05, 4.69) is 0 Å². The van der Waals surface area contributed by atoms with Crippen molar-refractivity contribution in [3.8, 4) is 51.7 Å². The van der Waals surface area contributed by atoms with Crippen LogP contribution in [0, 0.1) is 0 Å². The Morgan fingerprint density at radius 1 is 0.457 bits per heavy atom. The van der Waals surface area contributed by atoms with Gasteiger partial charge in [-0.25, -0.2) is 4.79 Å². The maximum absolute atomic E-state index is 14.1. The van der Waals surface area contributed by atoms with Crippen molar-refractivity contribution in [3.05, 3.63) is 53.1 Å². The number of ketones is 3. The smallest absolute Gasteiger partial charge is 0.335 e. The number of carboxylic acid groups (broad SMARTS) is 1. The summed E-state index contributed by atoms with van der Waals surface area (Å²) in [6, 6.07) is 1.99. The summed E-state index contributed by atoms with van der Waals surface area (Å²) in [7, 11) is 0. The van der Waals surface area contributed by atoms with Crippen LogP contribution in [0.1, 0.15) is 43.9 Å². The number of benzene rings is 3. The molecule has 0 aromatic heterocycles. The van der Waals surface area contributed by atoms with Gasteiger partial charge < -0.3 is 71.5 Å². The molecular weight excluding hydrogens is 624 g/mol. The third kappa shape index (κ3) is 4.51.